The van der Waals surface area contributed by atoms with Gasteiger partial charge in [0.1, 0.15) is 0 Å². The molecule has 0 N–H and O–H groups in total. The molecule has 0 aromatic rings. The van der Waals surface area contributed by atoms with E-state index in [-0.39, 0.29) is 0 Å². The molecule has 0 bridgehead atoms. The third-order valence-electron chi connectivity index (χ3n) is 2.44. The molecule has 1 atom stereocenters. The van der Waals surface area contributed by atoms with Crippen molar-refractivity contribution in [2.45, 2.75) is 44.3 Å². The van der Waals surface area contributed by atoms with Gasteiger partial charge in [-0.1, -0.05) is 26.2 Å². The molecule has 1 fully saturated rings. The summed E-state index contributed by atoms with van der Waals surface area (Å²) in [7, 11) is 0. The van der Waals surface area contributed by atoms with E-state index in [0.29, 0.717) is 5.25 Å². The first kappa shape index (κ1) is 10.8. The van der Waals surface area contributed by atoms with Gasteiger partial charge in [-0.15, -0.1) is 0 Å². The molecule has 0 nitrogen and oxygen atoms in total. The summed E-state index contributed by atoms with van der Waals surface area (Å²) in [5.74, 6) is 3.63. The summed E-state index contributed by atoms with van der Waals surface area (Å²) in [4.78, 5) is 0. The smallest absolute Gasteiger partial charge is 0.00791 e. The lowest BCUT2D eigenvalue weighted by molar-refractivity contribution is 0.391. The predicted octanol–water partition coefficient (Wildman–Crippen LogP) is 3.62. The first-order chi connectivity index (χ1) is 5.79. The van der Waals surface area contributed by atoms with Crippen LogP contribution in [0.5, 0.6) is 0 Å². The maximum Gasteiger partial charge on any atom is 0.00791 e. The van der Waals surface area contributed by atoms with Gasteiger partial charge in [-0.05, 0) is 24.5 Å². The fourth-order valence-electron chi connectivity index (χ4n) is 1.76. The molecule has 0 amide bonds. The van der Waals surface area contributed by atoms with Crippen LogP contribution in [-0.2, 0) is 0 Å². The molecular formula is C10H20S2. The van der Waals surface area contributed by atoms with Crippen molar-refractivity contribution < 1.29 is 0 Å². The van der Waals surface area contributed by atoms with Crippen molar-refractivity contribution in [1.29, 1.82) is 0 Å². The van der Waals surface area contributed by atoms with E-state index < -0.39 is 0 Å². The lowest BCUT2D eigenvalue weighted by Crippen LogP contribution is -2.10. The lowest BCUT2D eigenvalue weighted by atomic mass is 9.91. The standard InChI is InChI=1S/C10H20S2/c1-9(11)7-12-8-10-5-3-2-4-6-10/h9-11H,2-8H2,1H3. The molecule has 0 radical (unpaired) electrons. The quantitative estimate of drug-likeness (QED) is 0.683. The maximum atomic E-state index is 4.38. The highest BCUT2D eigenvalue weighted by Crippen LogP contribution is 2.27. The van der Waals surface area contributed by atoms with E-state index in [1.54, 1.807) is 0 Å². The predicted molar refractivity (Wildman–Crippen MR) is 62.3 cm³/mol. The summed E-state index contributed by atoms with van der Waals surface area (Å²) < 4.78 is 0. The van der Waals surface area contributed by atoms with Gasteiger partial charge in [-0.25, -0.2) is 0 Å². The van der Waals surface area contributed by atoms with Crippen LogP contribution >= 0.6 is 24.4 Å². The topological polar surface area (TPSA) is 0 Å². The lowest BCUT2D eigenvalue weighted by Gasteiger charge is -2.21. The Bertz CT molecular complexity index is 106. The fraction of sp³-hybridized carbons (Fsp3) is 1.00. The molecule has 1 aliphatic rings. The van der Waals surface area contributed by atoms with Crippen molar-refractivity contribution in [3.05, 3.63) is 0 Å². The Morgan fingerprint density at radius 2 is 2.00 bits per heavy atom. The van der Waals surface area contributed by atoms with Crippen molar-refractivity contribution in [2.75, 3.05) is 11.5 Å². The normalized spacial score (nSPS) is 22.5. The summed E-state index contributed by atoms with van der Waals surface area (Å²) in [6.07, 6.45) is 7.38. The molecule has 0 heterocycles. The van der Waals surface area contributed by atoms with Crippen molar-refractivity contribution in [3.8, 4) is 0 Å². The zero-order chi connectivity index (χ0) is 8.81. The second kappa shape index (κ2) is 6.20. The molecule has 12 heavy (non-hydrogen) atoms. The van der Waals surface area contributed by atoms with Gasteiger partial charge in [0, 0.05) is 11.0 Å². The minimum absolute atomic E-state index is 0.568. The molecule has 72 valence electrons. The first-order valence-corrected chi connectivity index (χ1v) is 6.72. The van der Waals surface area contributed by atoms with Crippen LogP contribution < -0.4 is 0 Å². The van der Waals surface area contributed by atoms with Crippen LogP contribution in [0.2, 0.25) is 0 Å². The molecule has 0 aromatic heterocycles. The number of thioether (sulfide) groups is 1. The van der Waals surface area contributed by atoms with E-state index in [4.69, 9.17) is 0 Å². The van der Waals surface area contributed by atoms with Crippen LogP contribution in [0.25, 0.3) is 0 Å². The summed E-state index contributed by atoms with van der Waals surface area (Å²) in [5, 5.41) is 0.568. The van der Waals surface area contributed by atoms with E-state index in [2.05, 4.69) is 31.3 Å². The van der Waals surface area contributed by atoms with Gasteiger partial charge in [0.25, 0.3) is 0 Å². The Labute approximate surface area is 86.3 Å². The highest BCUT2D eigenvalue weighted by molar-refractivity contribution is 8.00. The molecule has 1 aliphatic carbocycles. The van der Waals surface area contributed by atoms with Crippen molar-refractivity contribution in [2.24, 2.45) is 5.92 Å². The summed E-state index contributed by atoms with van der Waals surface area (Å²) in [6.45, 7) is 2.18. The van der Waals surface area contributed by atoms with Gasteiger partial charge in [-0.3, -0.25) is 0 Å². The Hall–Kier alpha value is 0.700. The van der Waals surface area contributed by atoms with Gasteiger partial charge in [0.05, 0.1) is 0 Å². The van der Waals surface area contributed by atoms with Gasteiger partial charge in [0.15, 0.2) is 0 Å². The Kier molecular flexibility index (Phi) is 5.57. The van der Waals surface area contributed by atoms with Gasteiger partial charge in [0.2, 0.25) is 0 Å². The van der Waals surface area contributed by atoms with E-state index >= 15 is 0 Å². The Morgan fingerprint density at radius 1 is 1.33 bits per heavy atom. The van der Waals surface area contributed by atoms with E-state index in [0.717, 1.165) is 5.92 Å². The molecular weight excluding hydrogens is 184 g/mol. The molecule has 0 saturated heterocycles. The summed E-state index contributed by atoms with van der Waals surface area (Å²) in [6, 6.07) is 0. The summed E-state index contributed by atoms with van der Waals surface area (Å²) >= 11 is 6.47. The maximum absolute atomic E-state index is 4.38. The third kappa shape index (κ3) is 4.66. The molecule has 1 unspecified atom stereocenters. The third-order valence-corrected chi connectivity index (χ3v) is 4.31. The van der Waals surface area contributed by atoms with Crippen LogP contribution in [-0.4, -0.2) is 16.8 Å². The number of hydrogen-bond acceptors (Lipinski definition) is 2. The monoisotopic (exact) mass is 204 g/mol. The van der Waals surface area contributed by atoms with E-state index in [1.807, 2.05) is 0 Å². The number of hydrogen-bond donors (Lipinski definition) is 1. The fourth-order valence-corrected chi connectivity index (χ4v) is 3.22. The number of rotatable bonds is 4. The molecule has 0 aromatic carbocycles. The average molecular weight is 204 g/mol. The Balaban J connectivity index is 1.98. The zero-order valence-electron chi connectivity index (χ0n) is 7.96. The Morgan fingerprint density at radius 3 is 2.58 bits per heavy atom. The molecule has 1 saturated carbocycles. The first-order valence-electron chi connectivity index (χ1n) is 5.05. The molecule has 0 aliphatic heterocycles. The van der Waals surface area contributed by atoms with Gasteiger partial charge < -0.3 is 0 Å². The highest BCUT2D eigenvalue weighted by atomic mass is 32.2. The minimum Gasteiger partial charge on any atom is -0.175 e. The van der Waals surface area contributed by atoms with Crippen LogP contribution in [0.4, 0.5) is 0 Å². The van der Waals surface area contributed by atoms with Crippen LogP contribution in [0.1, 0.15) is 39.0 Å². The van der Waals surface area contributed by atoms with Crippen molar-refractivity contribution >= 4 is 24.4 Å². The van der Waals surface area contributed by atoms with Crippen molar-refractivity contribution in [1.82, 2.24) is 0 Å². The second-order valence-corrected chi connectivity index (χ2v) is 5.85. The van der Waals surface area contributed by atoms with E-state index in [1.165, 1.54) is 43.6 Å². The van der Waals surface area contributed by atoms with E-state index in [9.17, 15) is 0 Å². The minimum atomic E-state index is 0.568. The summed E-state index contributed by atoms with van der Waals surface area (Å²) in [5.41, 5.74) is 0. The molecule has 1 rings (SSSR count). The molecule has 2 heteroatoms. The van der Waals surface area contributed by atoms with Crippen LogP contribution in [0.15, 0.2) is 0 Å². The van der Waals surface area contributed by atoms with Crippen LogP contribution in [0.3, 0.4) is 0 Å². The SMILES string of the molecule is CC(S)CSCC1CCCCC1. The van der Waals surface area contributed by atoms with Gasteiger partial charge >= 0.3 is 0 Å². The second-order valence-electron chi connectivity index (χ2n) is 3.89. The van der Waals surface area contributed by atoms with Crippen molar-refractivity contribution in [3.63, 3.8) is 0 Å². The van der Waals surface area contributed by atoms with Crippen LogP contribution in [0, 0.1) is 5.92 Å². The van der Waals surface area contributed by atoms with Gasteiger partial charge in [-0.2, -0.15) is 24.4 Å². The average Bonchev–Trinajstić information content (AvgIpc) is 2.05. The number of thiol groups is 1. The zero-order valence-corrected chi connectivity index (χ0v) is 9.67. The molecule has 0 spiro atoms. The largest absolute Gasteiger partial charge is 0.175 e. The highest BCUT2D eigenvalue weighted by Gasteiger charge is 2.12.